The summed E-state index contributed by atoms with van der Waals surface area (Å²) in [6.07, 6.45) is 0. The number of rotatable bonds is 6. The van der Waals surface area contributed by atoms with Gasteiger partial charge in [0.15, 0.2) is 0 Å². The molecule has 0 fully saturated rings. The first kappa shape index (κ1) is 21.8. The first-order valence-corrected chi connectivity index (χ1v) is 10.3. The van der Waals surface area contributed by atoms with Crippen LogP contribution in [0.25, 0.3) is 21.5 Å². The third-order valence-electron chi connectivity index (χ3n) is 4.92. The summed E-state index contributed by atoms with van der Waals surface area (Å²) in [7, 11) is 0. The normalized spacial score (nSPS) is 10.6. The number of ether oxygens (including phenoxy) is 3. The zero-order valence-corrected chi connectivity index (χ0v) is 18.4. The summed E-state index contributed by atoms with van der Waals surface area (Å²) < 4.78 is 16.6. The Balaban J connectivity index is 1.52. The molecule has 0 unspecified atom stereocenters. The second kappa shape index (κ2) is 9.01. The van der Waals surface area contributed by atoms with Gasteiger partial charge < -0.3 is 14.2 Å². The van der Waals surface area contributed by atoms with Crippen molar-refractivity contribution in [3.05, 3.63) is 97.1 Å². The second-order valence-corrected chi connectivity index (χ2v) is 7.78. The van der Waals surface area contributed by atoms with Crippen molar-refractivity contribution < 1.29 is 23.8 Å². The zero-order valence-electron chi connectivity index (χ0n) is 18.4. The number of hydrogen-bond acceptors (Lipinski definition) is 5. The second-order valence-electron chi connectivity index (χ2n) is 7.78. The quantitative estimate of drug-likeness (QED) is 0.189. The Bertz CT molecular complexity index is 1320. The van der Waals surface area contributed by atoms with E-state index in [-0.39, 0.29) is 0 Å². The summed E-state index contributed by atoms with van der Waals surface area (Å²) in [6.45, 7) is 10.4. The van der Waals surface area contributed by atoms with E-state index in [1.807, 2.05) is 48.5 Å². The highest BCUT2D eigenvalue weighted by molar-refractivity contribution is 5.91. The first-order chi connectivity index (χ1) is 15.8. The highest BCUT2D eigenvalue weighted by atomic mass is 16.5. The van der Waals surface area contributed by atoms with Gasteiger partial charge in [0.1, 0.15) is 23.0 Å². The molecule has 0 saturated heterocycles. The van der Waals surface area contributed by atoms with Gasteiger partial charge in [-0.1, -0.05) is 37.4 Å². The molecule has 0 spiro atoms. The number of carbonyl (C=O) groups excluding carboxylic acids is 2. The Hall–Kier alpha value is -4.38. The van der Waals surface area contributed by atoms with Gasteiger partial charge in [0.25, 0.3) is 0 Å². The molecule has 0 heterocycles. The standard InChI is InChI=1S/C28H22O5/c1-17(2)27(29)32-25-11-7-19-13-23(9-5-21(19)15-25)31-24-10-6-22-16-26(12-8-20(22)14-24)33-28(30)18(3)4/h5-16H,1,3H2,2,4H3. The smallest absolute Gasteiger partial charge is 0.338 e. The fourth-order valence-corrected chi connectivity index (χ4v) is 3.18. The molecule has 0 aliphatic rings. The fourth-order valence-electron chi connectivity index (χ4n) is 3.18. The van der Waals surface area contributed by atoms with Crippen LogP contribution in [0.1, 0.15) is 13.8 Å². The molecule has 33 heavy (non-hydrogen) atoms. The number of fused-ring (bicyclic) bond motifs is 2. The van der Waals surface area contributed by atoms with Gasteiger partial charge in [0.2, 0.25) is 0 Å². The Morgan fingerprint density at radius 1 is 0.545 bits per heavy atom. The minimum absolute atomic E-state index is 0.346. The van der Waals surface area contributed by atoms with E-state index in [0.29, 0.717) is 34.1 Å². The lowest BCUT2D eigenvalue weighted by Crippen LogP contribution is -2.07. The highest BCUT2D eigenvalue weighted by Crippen LogP contribution is 2.31. The van der Waals surface area contributed by atoms with Crippen molar-refractivity contribution in [3.63, 3.8) is 0 Å². The summed E-state index contributed by atoms with van der Waals surface area (Å²) in [5, 5.41) is 3.74. The van der Waals surface area contributed by atoms with E-state index in [0.717, 1.165) is 21.5 Å². The lowest BCUT2D eigenvalue weighted by molar-refractivity contribution is -0.130. The van der Waals surface area contributed by atoms with Crippen LogP contribution in [0.5, 0.6) is 23.0 Å². The maximum absolute atomic E-state index is 11.7. The van der Waals surface area contributed by atoms with E-state index < -0.39 is 11.9 Å². The molecule has 0 atom stereocenters. The molecule has 4 rings (SSSR count). The maximum Gasteiger partial charge on any atom is 0.338 e. The predicted octanol–water partition coefficient (Wildman–Crippen LogP) is 6.75. The Morgan fingerprint density at radius 3 is 1.18 bits per heavy atom. The summed E-state index contributed by atoms with van der Waals surface area (Å²) in [4.78, 5) is 23.4. The van der Waals surface area contributed by atoms with Crippen molar-refractivity contribution in [3.8, 4) is 23.0 Å². The zero-order chi connectivity index (χ0) is 23.5. The summed E-state index contributed by atoms with van der Waals surface area (Å²) in [5.74, 6) is 1.39. The van der Waals surface area contributed by atoms with Gasteiger partial charge >= 0.3 is 11.9 Å². The SMILES string of the molecule is C=C(C)C(=O)Oc1ccc2cc(Oc3ccc4cc(OC(=O)C(=C)C)ccc4c3)ccc2c1. The molecule has 0 aliphatic carbocycles. The first-order valence-electron chi connectivity index (χ1n) is 10.3. The molecule has 5 nitrogen and oxygen atoms in total. The van der Waals surface area contributed by atoms with Gasteiger partial charge in [-0.3, -0.25) is 0 Å². The van der Waals surface area contributed by atoms with Crippen molar-refractivity contribution >= 4 is 33.5 Å². The van der Waals surface area contributed by atoms with Gasteiger partial charge in [0, 0.05) is 11.1 Å². The molecular weight excluding hydrogens is 416 g/mol. The van der Waals surface area contributed by atoms with Crippen LogP contribution in [0.4, 0.5) is 0 Å². The fraction of sp³-hybridized carbons (Fsp3) is 0.0714. The molecule has 0 aliphatic heterocycles. The molecule has 4 aromatic carbocycles. The van der Waals surface area contributed by atoms with Gasteiger partial charge in [-0.05, 0) is 83.9 Å². The lowest BCUT2D eigenvalue weighted by Gasteiger charge is -2.10. The number of hydrogen-bond donors (Lipinski definition) is 0. The van der Waals surface area contributed by atoms with E-state index in [1.165, 1.54) is 0 Å². The van der Waals surface area contributed by atoms with E-state index in [2.05, 4.69) is 13.2 Å². The van der Waals surface area contributed by atoms with Crippen LogP contribution < -0.4 is 14.2 Å². The van der Waals surface area contributed by atoms with Gasteiger partial charge in [0.05, 0.1) is 0 Å². The van der Waals surface area contributed by atoms with Gasteiger partial charge in [-0.25, -0.2) is 9.59 Å². The summed E-state index contributed by atoms with van der Waals surface area (Å²) in [5.41, 5.74) is 0.691. The van der Waals surface area contributed by atoms with Crippen LogP contribution in [-0.2, 0) is 9.59 Å². The molecule has 0 bridgehead atoms. The number of benzene rings is 4. The van der Waals surface area contributed by atoms with E-state index in [4.69, 9.17) is 14.2 Å². The molecule has 0 saturated carbocycles. The molecule has 0 amide bonds. The Morgan fingerprint density at radius 2 is 0.848 bits per heavy atom. The average molecular weight is 438 g/mol. The summed E-state index contributed by atoms with van der Waals surface area (Å²) in [6, 6.07) is 22.2. The predicted molar refractivity (Wildman–Crippen MR) is 129 cm³/mol. The lowest BCUT2D eigenvalue weighted by atomic mass is 10.1. The van der Waals surface area contributed by atoms with Crippen molar-refractivity contribution in [1.29, 1.82) is 0 Å². The molecule has 0 aromatic heterocycles. The van der Waals surface area contributed by atoms with E-state index >= 15 is 0 Å². The van der Waals surface area contributed by atoms with Gasteiger partial charge in [-0.15, -0.1) is 0 Å². The third-order valence-corrected chi connectivity index (χ3v) is 4.92. The van der Waals surface area contributed by atoms with Crippen LogP contribution in [0.2, 0.25) is 0 Å². The van der Waals surface area contributed by atoms with Crippen LogP contribution in [0, 0.1) is 0 Å². The molecular formula is C28H22O5. The monoisotopic (exact) mass is 438 g/mol. The van der Waals surface area contributed by atoms with Crippen LogP contribution in [0.3, 0.4) is 0 Å². The van der Waals surface area contributed by atoms with Crippen LogP contribution in [0.15, 0.2) is 97.1 Å². The Kier molecular flexibility index (Phi) is 5.96. The molecule has 164 valence electrons. The van der Waals surface area contributed by atoms with Crippen molar-refractivity contribution in [2.24, 2.45) is 0 Å². The number of esters is 2. The minimum atomic E-state index is -0.452. The molecule has 0 radical (unpaired) electrons. The van der Waals surface area contributed by atoms with Gasteiger partial charge in [-0.2, -0.15) is 0 Å². The topological polar surface area (TPSA) is 61.8 Å². The van der Waals surface area contributed by atoms with Crippen molar-refractivity contribution in [2.75, 3.05) is 0 Å². The molecule has 4 aromatic rings. The summed E-state index contributed by atoms with van der Waals surface area (Å²) >= 11 is 0. The van der Waals surface area contributed by atoms with Crippen molar-refractivity contribution in [2.45, 2.75) is 13.8 Å². The van der Waals surface area contributed by atoms with Crippen molar-refractivity contribution in [1.82, 2.24) is 0 Å². The Labute approximate surface area is 191 Å². The van der Waals surface area contributed by atoms with E-state index in [1.54, 1.807) is 38.1 Å². The number of carbonyl (C=O) groups is 2. The third kappa shape index (κ3) is 5.10. The maximum atomic E-state index is 11.7. The van der Waals surface area contributed by atoms with E-state index in [9.17, 15) is 9.59 Å². The molecule has 5 heteroatoms. The minimum Gasteiger partial charge on any atom is -0.457 e. The van der Waals surface area contributed by atoms with Crippen LogP contribution in [-0.4, -0.2) is 11.9 Å². The van der Waals surface area contributed by atoms with Crippen LogP contribution >= 0.6 is 0 Å². The molecule has 0 N–H and O–H groups in total. The highest BCUT2D eigenvalue weighted by Gasteiger charge is 2.09. The average Bonchev–Trinajstić information content (AvgIpc) is 2.79. The largest absolute Gasteiger partial charge is 0.457 e.